The Morgan fingerprint density at radius 3 is 2.80 bits per heavy atom. The number of tetrazole rings is 1. The summed E-state index contributed by atoms with van der Waals surface area (Å²) in [6.07, 6.45) is 5.28. The van der Waals surface area contributed by atoms with Crippen molar-refractivity contribution < 1.29 is 0 Å². The number of hydrogen-bond donors (Lipinski definition) is 1. The lowest BCUT2D eigenvalue weighted by Gasteiger charge is -2.41. The van der Waals surface area contributed by atoms with Crippen molar-refractivity contribution in [3.05, 3.63) is 41.7 Å². The standard InChI is InChI=1S/C15H21N5/c1-20-18-14(17-19-20)11-15(16)10-6-5-9-13(15)12-7-3-2-4-8-12/h2-4,7-8,13H,5-6,9-11,16H2,1H3. The Balaban J connectivity index is 1.87. The van der Waals surface area contributed by atoms with Gasteiger partial charge < -0.3 is 5.73 Å². The van der Waals surface area contributed by atoms with E-state index in [9.17, 15) is 0 Å². The molecule has 20 heavy (non-hydrogen) atoms. The summed E-state index contributed by atoms with van der Waals surface area (Å²) < 4.78 is 0. The minimum absolute atomic E-state index is 0.261. The molecule has 106 valence electrons. The second kappa shape index (κ2) is 5.32. The van der Waals surface area contributed by atoms with E-state index in [1.54, 1.807) is 7.05 Å². The number of nitrogens with two attached hydrogens (primary N) is 1. The Labute approximate surface area is 119 Å². The monoisotopic (exact) mass is 271 g/mol. The molecule has 5 nitrogen and oxygen atoms in total. The van der Waals surface area contributed by atoms with Gasteiger partial charge in [-0.25, -0.2) is 0 Å². The zero-order valence-corrected chi connectivity index (χ0v) is 11.9. The van der Waals surface area contributed by atoms with Gasteiger partial charge in [0.15, 0.2) is 5.82 Å². The summed E-state index contributed by atoms with van der Waals surface area (Å²) in [4.78, 5) is 1.50. The van der Waals surface area contributed by atoms with Crippen molar-refractivity contribution in [3.8, 4) is 0 Å². The summed E-state index contributed by atoms with van der Waals surface area (Å²) in [6.45, 7) is 0. The first-order valence-corrected chi connectivity index (χ1v) is 7.24. The molecular formula is C15H21N5. The molecule has 0 amide bonds. The van der Waals surface area contributed by atoms with Crippen LogP contribution in [-0.2, 0) is 13.5 Å². The summed E-state index contributed by atoms with van der Waals surface area (Å²) in [6, 6.07) is 10.6. The van der Waals surface area contributed by atoms with Gasteiger partial charge in [0.25, 0.3) is 0 Å². The number of benzene rings is 1. The number of rotatable bonds is 3. The second-order valence-corrected chi connectivity index (χ2v) is 5.81. The van der Waals surface area contributed by atoms with Gasteiger partial charge in [-0.2, -0.15) is 4.80 Å². The molecule has 2 unspecified atom stereocenters. The average molecular weight is 271 g/mol. The van der Waals surface area contributed by atoms with Gasteiger partial charge in [0.2, 0.25) is 0 Å². The molecule has 1 saturated carbocycles. The molecule has 0 spiro atoms. The van der Waals surface area contributed by atoms with E-state index in [1.807, 2.05) is 0 Å². The topological polar surface area (TPSA) is 69.6 Å². The molecule has 0 aliphatic heterocycles. The van der Waals surface area contributed by atoms with Crippen LogP contribution in [0.5, 0.6) is 0 Å². The van der Waals surface area contributed by atoms with Crippen LogP contribution in [0.2, 0.25) is 0 Å². The van der Waals surface area contributed by atoms with Gasteiger partial charge in [-0.1, -0.05) is 43.2 Å². The number of aryl methyl sites for hydroxylation is 1. The Morgan fingerprint density at radius 1 is 1.30 bits per heavy atom. The van der Waals surface area contributed by atoms with E-state index < -0.39 is 0 Å². The molecule has 3 rings (SSSR count). The van der Waals surface area contributed by atoms with Crippen LogP contribution in [-0.4, -0.2) is 25.7 Å². The molecule has 1 heterocycles. The highest BCUT2D eigenvalue weighted by Crippen LogP contribution is 2.40. The van der Waals surface area contributed by atoms with Crippen LogP contribution in [0, 0.1) is 0 Å². The fraction of sp³-hybridized carbons (Fsp3) is 0.533. The highest BCUT2D eigenvalue weighted by atomic mass is 15.6. The van der Waals surface area contributed by atoms with Gasteiger partial charge in [-0.15, -0.1) is 10.2 Å². The molecule has 1 aliphatic rings. The first-order valence-electron chi connectivity index (χ1n) is 7.24. The van der Waals surface area contributed by atoms with Gasteiger partial charge in [-0.3, -0.25) is 0 Å². The van der Waals surface area contributed by atoms with E-state index in [0.717, 1.165) is 18.7 Å². The van der Waals surface area contributed by atoms with Crippen LogP contribution in [0.15, 0.2) is 30.3 Å². The van der Waals surface area contributed by atoms with E-state index in [-0.39, 0.29) is 5.54 Å². The highest BCUT2D eigenvalue weighted by molar-refractivity contribution is 5.25. The van der Waals surface area contributed by atoms with Gasteiger partial charge in [-0.05, 0) is 23.6 Å². The molecular weight excluding hydrogens is 250 g/mol. The molecule has 1 aromatic carbocycles. The lowest BCUT2D eigenvalue weighted by atomic mass is 9.68. The molecule has 1 aromatic heterocycles. The van der Waals surface area contributed by atoms with Gasteiger partial charge >= 0.3 is 0 Å². The predicted octanol–water partition coefficient (Wildman–Crippen LogP) is 1.81. The average Bonchev–Trinajstić information content (AvgIpc) is 2.85. The van der Waals surface area contributed by atoms with Crippen molar-refractivity contribution in [1.29, 1.82) is 0 Å². The Kier molecular flexibility index (Phi) is 3.53. The van der Waals surface area contributed by atoms with Crippen LogP contribution in [0.3, 0.4) is 0 Å². The third-order valence-corrected chi connectivity index (χ3v) is 4.32. The Morgan fingerprint density at radius 2 is 2.10 bits per heavy atom. The molecule has 1 aliphatic carbocycles. The largest absolute Gasteiger partial charge is 0.324 e. The zero-order chi connectivity index (χ0) is 14.0. The van der Waals surface area contributed by atoms with Crippen molar-refractivity contribution in [3.63, 3.8) is 0 Å². The lowest BCUT2D eigenvalue weighted by Crippen LogP contribution is -2.50. The van der Waals surface area contributed by atoms with Gasteiger partial charge in [0, 0.05) is 17.9 Å². The second-order valence-electron chi connectivity index (χ2n) is 5.81. The van der Waals surface area contributed by atoms with Crippen molar-refractivity contribution in [2.24, 2.45) is 12.8 Å². The van der Waals surface area contributed by atoms with Crippen molar-refractivity contribution >= 4 is 0 Å². The van der Waals surface area contributed by atoms with Crippen molar-refractivity contribution in [1.82, 2.24) is 20.2 Å². The van der Waals surface area contributed by atoms with E-state index in [2.05, 4.69) is 45.7 Å². The quantitative estimate of drug-likeness (QED) is 0.924. The van der Waals surface area contributed by atoms with E-state index >= 15 is 0 Å². The predicted molar refractivity (Wildman–Crippen MR) is 77.1 cm³/mol. The fourth-order valence-corrected chi connectivity index (χ4v) is 3.35. The molecule has 2 aromatic rings. The first kappa shape index (κ1) is 13.2. The number of aromatic nitrogens is 4. The maximum atomic E-state index is 6.76. The maximum Gasteiger partial charge on any atom is 0.176 e. The smallest absolute Gasteiger partial charge is 0.176 e. The van der Waals surface area contributed by atoms with Gasteiger partial charge in [0.05, 0.1) is 7.05 Å². The minimum atomic E-state index is -0.261. The normalized spacial score (nSPS) is 26.6. The summed E-state index contributed by atoms with van der Waals surface area (Å²) in [7, 11) is 1.79. The van der Waals surface area contributed by atoms with Crippen LogP contribution >= 0.6 is 0 Å². The van der Waals surface area contributed by atoms with Crippen LogP contribution in [0.25, 0.3) is 0 Å². The van der Waals surface area contributed by atoms with Crippen LogP contribution in [0.4, 0.5) is 0 Å². The molecule has 0 radical (unpaired) electrons. The Hall–Kier alpha value is -1.75. The number of nitrogens with zero attached hydrogens (tertiary/aromatic N) is 4. The Bertz CT molecular complexity index is 565. The van der Waals surface area contributed by atoms with Crippen LogP contribution < -0.4 is 5.73 Å². The van der Waals surface area contributed by atoms with E-state index in [0.29, 0.717) is 12.3 Å². The third-order valence-electron chi connectivity index (χ3n) is 4.32. The SMILES string of the molecule is Cn1nnc(CC2(N)CCCCC2c2ccccc2)n1. The van der Waals surface area contributed by atoms with Gasteiger partial charge in [0.1, 0.15) is 0 Å². The summed E-state index contributed by atoms with van der Waals surface area (Å²) >= 11 is 0. The molecule has 2 N–H and O–H groups in total. The molecule has 0 bridgehead atoms. The summed E-state index contributed by atoms with van der Waals surface area (Å²) in [5.74, 6) is 1.12. The van der Waals surface area contributed by atoms with Crippen molar-refractivity contribution in [2.45, 2.75) is 43.6 Å². The first-order chi connectivity index (χ1) is 9.67. The summed E-state index contributed by atoms with van der Waals surface area (Å²) in [5, 5.41) is 12.3. The molecule has 1 fully saturated rings. The lowest BCUT2D eigenvalue weighted by molar-refractivity contribution is 0.245. The molecule has 0 saturated heterocycles. The maximum absolute atomic E-state index is 6.76. The van der Waals surface area contributed by atoms with E-state index in [4.69, 9.17) is 5.73 Å². The third kappa shape index (κ3) is 2.58. The summed E-state index contributed by atoms with van der Waals surface area (Å²) in [5.41, 5.74) is 7.83. The fourth-order valence-electron chi connectivity index (χ4n) is 3.35. The molecule has 2 atom stereocenters. The number of hydrogen-bond acceptors (Lipinski definition) is 4. The minimum Gasteiger partial charge on any atom is -0.324 e. The highest BCUT2D eigenvalue weighted by Gasteiger charge is 2.39. The zero-order valence-electron chi connectivity index (χ0n) is 11.9. The van der Waals surface area contributed by atoms with E-state index in [1.165, 1.54) is 23.2 Å². The molecule has 5 heteroatoms. The van der Waals surface area contributed by atoms with Crippen LogP contribution in [0.1, 0.15) is 43.0 Å². The van der Waals surface area contributed by atoms with Crippen molar-refractivity contribution in [2.75, 3.05) is 0 Å².